The van der Waals surface area contributed by atoms with Crippen molar-refractivity contribution in [3.63, 3.8) is 0 Å². The van der Waals surface area contributed by atoms with Gasteiger partial charge in [-0.15, -0.1) is 0 Å². The van der Waals surface area contributed by atoms with E-state index >= 15 is 0 Å². The Balaban J connectivity index is 2.50. The number of aryl methyl sites for hydroxylation is 1. The Morgan fingerprint density at radius 2 is 2.50 bits per heavy atom. The Labute approximate surface area is 71.8 Å². The minimum absolute atomic E-state index is 0.0470. The van der Waals surface area contributed by atoms with Crippen LogP contribution in [-0.4, -0.2) is 34.7 Å². The molecular weight excluding hydrogens is 156 g/mol. The molecule has 4 nitrogen and oxygen atoms in total. The molecule has 1 aromatic rings. The van der Waals surface area contributed by atoms with Gasteiger partial charge < -0.3 is 9.84 Å². The number of aliphatic hydroxyl groups excluding tert-OH is 1. The Morgan fingerprint density at radius 3 is 2.92 bits per heavy atom. The first-order chi connectivity index (χ1) is 5.76. The zero-order chi connectivity index (χ0) is 8.97. The maximum atomic E-state index is 8.84. The quantitative estimate of drug-likeness (QED) is 0.690. The molecule has 4 heteroatoms. The van der Waals surface area contributed by atoms with Crippen molar-refractivity contribution in [2.24, 2.45) is 7.05 Å². The first-order valence-electron chi connectivity index (χ1n) is 3.87. The second-order valence-corrected chi connectivity index (χ2v) is 2.77. The summed E-state index contributed by atoms with van der Waals surface area (Å²) in [5.74, 6) is 0. The van der Waals surface area contributed by atoms with Crippen LogP contribution in [0.15, 0.2) is 12.4 Å². The van der Waals surface area contributed by atoms with E-state index in [2.05, 4.69) is 5.10 Å². The number of hydrogen-bond donors (Lipinski definition) is 1. The highest BCUT2D eigenvalue weighted by molar-refractivity contribution is 5.05. The molecule has 1 heterocycles. The summed E-state index contributed by atoms with van der Waals surface area (Å²) in [4.78, 5) is 0. The topological polar surface area (TPSA) is 47.3 Å². The fourth-order valence-electron chi connectivity index (χ4n) is 1.06. The van der Waals surface area contributed by atoms with E-state index in [1.807, 2.05) is 13.2 Å². The van der Waals surface area contributed by atoms with Crippen LogP contribution in [0.2, 0.25) is 0 Å². The molecule has 0 radical (unpaired) electrons. The molecule has 1 aromatic heterocycles. The first kappa shape index (κ1) is 9.22. The van der Waals surface area contributed by atoms with Crippen LogP contribution in [0.5, 0.6) is 0 Å². The summed E-state index contributed by atoms with van der Waals surface area (Å²) in [6.07, 6.45) is 4.29. The molecule has 0 saturated heterocycles. The van der Waals surface area contributed by atoms with E-state index in [0.717, 1.165) is 5.56 Å². The van der Waals surface area contributed by atoms with Crippen LogP contribution in [0.3, 0.4) is 0 Å². The third kappa shape index (κ3) is 2.32. The van der Waals surface area contributed by atoms with Gasteiger partial charge in [0.15, 0.2) is 0 Å². The Morgan fingerprint density at radius 1 is 1.75 bits per heavy atom. The third-order valence-electron chi connectivity index (χ3n) is 1.76. The molecule has 0 aromatic carbocycles. The van der Waals surface area contributed by atoms with E-state index in [1.54, 1.807) is 18.0 Å². The lowest BCUT2D eigenvalue weighted by Gasteiger charge is -2.09. The summed E-state index contributed by atoms with van der Waals surface area (Å²) in [6, 6.07) is 0. The third-order valence-corrected chi connectivity index (χ3v) is 1.76. The molecule has 1 unspecified atom stereocenters. The minimum atomic E-state index is -0.116. The van der Waals surface area contributed by atoms with Crippen molar-refractivity contribution < 1.29 is 9.84 Å². The highest BCUT2D eigenvalue weighted by Gasteiger charge is 2.07. The van der Waals surface area contributed by atoms with Crippen LogP contribution < -0.4 is 0 Å². The number of nitrogens with zero attached hydrogens (tertiary/aromatic N) is 2. The Hall–Kier alpha value is -0.870. The van der Waals surface area contributed by atoms with Crippen molar-refractivity contribution in [2.45, 2.75) is 12.5 Å². The van der Waals surface area contributed by atoms with Gasteiger partial charge >= 0.3 is 0 Å². The highest BCUT2D eigenvalue weighted by Crippen LogP contribution is 2.03. The van der Waals surface area contributed by atoms with Gasteiger partial charge in [0.25, 0.3) is 0 Å². The predicted molar refractivity (Wildman–Crippen MR) is 44.8 cm³/mol. The molecule has 0 fully saturated rings. The fourth-order valence-corrected chi connectivity index (χ4v) is 1.06. The van der Waals surface area contributed by atoms with Crippen molar-refractivity contribution in [3.05, 3.63) is 18.0 Å². The Kier molecular flexibility index (Phi) is 3.25. The normalized spacial score (nSPS) is 13.2. The van der Waals surface area contributed by atoms with Crippen molar-refractivity contribution in [1.29, 1.82) is 0 Å². The fraction of sp³-hybridized carbons (Fsp3) is 0.625. The van der Waals surface area contributed by atoms with Gasteiger partial charge in [0.05, 0.1) is 18.9 Å². The minimum Gasteiger partial charge on any atom is -0.394 e. The zero-order valence-corrected chi connectivity index (χ0v) is 7.40. The van der Waals surface area contributed by atoms with E-state index in [4.69, 9.17) is 9.84 Å². The summed E-state index contributed by atoms with van der Waals surface area (Å²) in [7, 11) is 3.46. The maximum Gasteiger partial charge on any atom is 0.0843 e. The predicted octanol–water partition coefficient (Wildman–Crippen LogP) is -0.0301. The molecule has 0 aliphatic heterocycles. The van der Waals surface area contributed by atoms with Crippen LogP contribution in [0.25, 0.3) is 0 Å². The molecule has 0 aliphatic rings. The van der Waals surface area contributed by atoms with Crippen LogP contribution in [-0.2, 0) is 18.2 Å². The van der Waals surface area contributed by atoms with Gasteiger partial charge in [-0.3, -0.25) is 4.68 Å². The number of aliphatic hydroxyl groups is 1. The SMILES string of the molecule is COC(CO)Cc1cnn(C)c1. The molecule has 0 aliphatic carbocycles. The summed E-state index contributed by atoms with van der Waals surface area (Å²) < 4.78 is 6.76. The van der Waals surface area contributed by atoms with Gasteiger partial charge in [0, 0.05) is 26.8 Å². The molecule has 0 spiro atoms. The lowest BCUT2D eigenvalue weighted by molar-refractivity contribution is 0.0495. The average Bonchev–Trinajstić information content (AvgIpc) is 2.47. The number of ether oxygens (including phenoxy) is 1. The molecular formula is C8H14N2O2. The summed E-state index contributed by atoms with van der Waals surface area (Å²) in [6.45, 7) is 0.0470. The van der Waals surface area contributed by atoms with Gasteiger partial charge in [-0.05, 0) is 5.56 Å². The summed E-state index contributed by atoms with van der Waals surface area (Å²) in [5.41, 5.74) is 1.08. The van der Waals surface area contributed by atoms with E-state index in [1.165, 1.54) is 0 Å². The highest BCUT2D eigenvalue weighted by atomic mass is 16.5. The monoisotopic (exact) mass is 170 g/mol. The van der Waals surface area contributed by atoms with Crippen molar-refractivity contribution in [3.8, 4) is 0 Å². The molecule has 1 rings (SSSR count). The second-order valence-electron chi connectivity index (χ2n) is 2.77. The largest absolute Gasteiger partial charge is 0.394 e. The van der Waals surface area contributed by atoms with Crippen LogP contribution >= 0.6 is 0 Å². The van der Waals surface area contributed by atoms with Crippen LogP contribution in [0.4, 0.5) is 0 Å². The van der Waals surface area contributed by atoms with Gasteiger partial charge in [0.1, 0.15) is 0 Å². The maximum absolute atomic E-state index is 8.84. The van der Waals surface area contributed by atoms with Gasteiger partial charge in [-0.1, -0.05) is 0 Å². The smallest absolute Gasteiger partial charge is 0.0843 e. The zero-order valence-electron chi connectivity index (χ0n) is 7.40. The molecule has 68 valence electrons. The lowest BCUT2D eigenvalue weighted by atomic mass is 10.2. The first-order valence-corrected chi connectivity index (χ1v) is 3.87. The van der Waals surface area contributed by atoms with Crippen molar-refractivity contribution >= 4 is 0 Å². The number of hydrogen-bond acceptors (Lipinski definition) is 3. The van der Waals surface area contributed by atoms with Crippen LogP contribution in [0.1, 0.15) is 5.56 Å². The summed E-state index contributed by atoms with van der Waals surface area (Å²) >= 11 is 0. The molecule has 0 bridgehead atoms. The van der Waals surface area contributed by atoms with Crippen LogP contribution in [0, 0.1) is 0 Å². The van der Waals surface area contributed by atoms with Crippen molar-refractivity contribution in [2.75, 3.05) is 13.7 Å². The number of aromatic nitrogens is 2. The van der Waals surface area contributed by atoms with Gasteiger partial charge in [0.2, 0.25) is 0 Å². The van der Waals surface area contributed by atoms with Crippen molar-refractivity contribution in [1.82, 2.24) is 9.78 Å². The Bertz CT molecular complexity index is 231. The molecule has 1 N–H and O–H groups in total. The molecule has 0 saturated carbocycles. The van der Waals surface area contributed by atoms with Gasteiger partial charge in [-0.2, -0.15) is 5.10 Å². The van der Waals surface area contributed by atoms with E-state index in [-0.39, 0.29) is 12.7 Å². The average molecular weight is 170 g/mol. The second kappa shape index (κ2) is 4.23. The molecule has 1 atom stereocenters. The molecule has 12 heavy (non-hydrogen) atoms. The standard InChI is InChI=1S/C8H14N2O2/c1-10-5-7(4-9-10)3-8(6-11)12-2/h4-5,8,11H,3,6H2,1-2H3. The lowest BCUT2D eigenvalue weighted by Crippen LogP contribution is -2.18. The number of methoxy groups -OCH3 is 1. The molecule has 0 amide bonds. The van der Waals surface area contributed by atoms with Gasteiger partial charge in [-0.25, -0.2) is 0 Å². The number of rotatable bonds is 4. The van der Waals surface area contributed by atoms with E-state index in [0.29, 0.717) is 6.42 Å². The van der Waals surface area contributed by atoms with E-state index < -0.39 is 0 Å². The van der Waals surface area contributed by atoms with E-state index in [9.17, 15) is 0 Å². The summed E-state index contributed by atoms with van der Waals surface area (Å²) in [5, 5.41) is 12.9.